The molecule has 3 nitrogen and oxygen atoms in total. The van der Waals surface area contributed by atoms with Crippen molar-refractivity contribution >= 4 is 17.3 Å². The van der Waals surface area contributed by atoms with E-state index in [0.29, 0.717) is 6.42 Å². The second-order valence-electron chi connectivity index (χ2n) is 4.18. The van der Waals surface area contributed by atoms with Crippen molar-refractivity contribution in [2.75, 3.05) is 11.1 Å². The summed E-state index contributed by atoms with van der Waals surface area (Å²) in [5, 5.41) is 2.82. The zero-order chi connectivity index (χ0) is 11.8. The van der Waals surface area contributed by atoms with Gasteiger partial charge >= 0.3 is 0 Å². The summed E-state index contributed by atoms with van der Waals surface area (Å²) in [4.78, 5) is 11.3. The summed E-state index contributed by atoms with van der Waals surface area (Å²) in [6.45, 7) is 0. The van der Waals surface area contributed by atoms with Crippen LogP contribution in [0.15, 0.2) is 42.5 Å². The first-order chi connectivity index (χ1) is 8.24. The second kappa shape index (κ2) is 3.63. The van der Waals surface area contributed by atoms with Crippen LogP contribution in [-0.4, -0.2) is 5.91 Å². The minimum absolute atomic E-state index is 0.0539. The molecule has 1 heterocycles. The molecule has 0 aromatic heterocycles. The molecular weight excluding hydrogens is 212 g/mol. The summed E-state index contributed by atoms with van der Waals surface area (Å²) < 4.78 is 0. The highest BCUT2D eigenvalue weighted by Crippen LogP contribution is 2.31. The van der Waals surface area contributed by atoms with Gasteiger partial charge in [0.25, 0.3) is 0 Å². The zero-order valence-electron chi connectivity index (χ0n) is 9.23. The minimum atomic E-state index is 0.0539. The van der Waals surface area contributed by atoms with Gasteiger partial charge in [0.15, 0.2) is 0 Å². The lowest BCUT2D eigenvalue weighted by molar-refractivity contribution is -0.115. The predicted molar refractivity (Wildman–Crippen MR) is 68.6 cm³/mol. The lowest BCUT2D eigenvalue weighted by Crippen LogP contribution is -2.03. The van der Waals surface area contributed by atoms with Gasteiger partial charge in [-0.3, -0.25) is 4.79 Å². The molecule has 0 radical (unpaired) electrons. The standard InChI is InChI=1S/C14H12N2O/c15-12-4-2-1-3-11(12)9-5-6-13-10(7-9)8-14(17)16-13/h1-7H,8,15H2,(H,16,17). The van der Waals surface area contributed by atoms with Crippen molar-refractivity contribution in [1.82, 2.24) is 0 Å². The van der Waals surface area contributed by atoms with E-state index in [1.54, 1.807) is 0 Å². The number of nitrogens with one attached hydrogen (secondary N) is 1. The lowest BCUT2D eigenvalue weighted by Gasteiger charge is -2.07. The van der Waals surface area contributed by atoms with Gasteiger partial charge in [0.1, 0.15) is 0 Å². The Labute approximate surface area is 99.3 Å². The van der Waals surface area contributed by atoms with E-state index in [9.17, 15) is 4.79 Å². The summed E-state index contributed by atoms with van der Waals surface area (Å²) >= 11 is 0. The monoisotopic (exact) mass is 224 g/mol. The van der Waals surface area contributed by atoms with Crippen LogP contribution in [0.1, 0.15) is 5.56 Å². The van der Waals surface area contributed by atoms with Crippen LogP contribution in [-0.2, 0) is 11.2 Å². The third-order valence-corrected chi connectivity index (χ3v) is 3.00. The van der Waals surface area contributed by atoms with Gasteiger partial charge in [-0.15, -0.1) is 0 Å². The normalized spacial score (nSPS) is 13.3. The molecule has 3 N–H and O–H groups in total. The van der Waals surface area contributed by atoms with Gasteiger partial charge < -0.3 is 11.1 Å². The van der Waals surface area contributed by atoms with Gasteiger partial charge in [-0.25, -0.2) is 0 Å². The van der Waals surface area contributed by atoms with Crippen molar-refractivity contribution in [2.24, 2.45) is 0 Å². The van der Waals surface area contributed by atoms with Crippen molar-refractivity contribution in [1.29, 1.82) is 0 Å². The number of fused-ring (bicyclic) bond motifs is 1. The van der Waals surface area contributed by atoms with Crippen LogP contribution < -0.4 is 11.1 Å². The predicted octanol–water partition coefficient (Wildman–Crippen LogP) is 2.43. The van der Waals surface area contributed by atoms with Crippen molar-refractivity contribution in [3.63, 3.8) is 0 Å². The van der Waals surface area contributed by atoms with Crippen molar-refractivity contribution < 1.29 is 4.79 Å². The third-order valence-electron chi connectivity index (χ3n) is 3.00. The molecule has 17 heavy (non-hydrogen) atoms. The van der Waals surface area contributed by atoms with E-state index in [0.717, 1.165) is 28.1 Å². The van der Waals surface area contributed by atoms with E-state index >= 15 is 0 Å². The van der Waals surface area contributed by atoms with E-state index < -0.39 is 0 Å². The van der Waals surface area contributed by atoms with E-state index in [1.807, 2.05) is 42.5 Å². The summed E-state index contributed by atoms with van der Waals surface area (Å²) in [5.74, 6) is 0.0539. The number of nitrogen functional groups attached to an aromatic ring is 1. The number of hydrogen-bond donors (Lipinski definition) is 2. The minimum Gasteiger partial charge on any atom is -0.398 e. The number of carbonyl (C=O) groups is 1. The fraction of sp³-hybridized carbons (Fsp3) is 0.0714. The largest absolute Gasteiger partial charge is 0.398 e. The van der Waals surface area contributed by atoms with Crippen LogP contribution in [0.2, 0.25) is 0 Å². The molecule has 84 valence electrons. The van der Waals surface area contributed by atoms with Crippen LogP contribution in [0.3, 0.4) is 0 Å². The van der Waals surface area contributed by atoms with Gasteiger partial charge in [-0.2, -0.15) is 0 Å². The van der Waals surface area contributed by atoms with E-state index in [4.69, 9.17) is 5.73 Å². The fourth-order valence-corrected chi connectivity index (χ4v) is 2.16. The number of amides is 1. The fourth-order valence-electron chi connectivity index (χ4n) is 2.16. The van der Waals surface area contributed by atoms with Gasteiger partial charge in [0.05, 0.1) is 6.42 Å². The van der Waals surface area contributed by atoms with Gasteiger partial charge in [-0.05, 0) is 29.3 Å². The number of nitrogens with two attached hydrogens (primary N) is 1. The van der Waals surface area contributed by atoms with Crippen LogP contribution in [0.5, 0.6) is 0 Å². The molecule has 3 heteroatoms. The number of rotatable bonds is 1. The first-order valence-electron chi connectivity index (χ1n) is 5.52. The maximum Gasteiger partial charge on any atom is 0.228 e. The molecule has 0 fully saturated rings. The van der Waals surface area contributed by atoms with E-state index in [1.165, 1.54) is 0 Å². The Bertz CT molecular complexity index is 605. The first kappa shape index (κ1) is 9.90. The molecule has 1 aliphatic rings. The summed E-state index contributed by atoms with van der Waals surface area (Å²) in [7, 11) is 0. The Hall–Kier alpha value is -2.29. The average molecular weight is 224 g/mol. The van der Waals surface area contributed by atoms with Crippen molar-refractivity contribution in [3.05, 3.63) is 48.0 Å². The average Bonchev–Trinajstić information content (AvgIpc) is 2.68. The van der Waals surface area contributed by atoms with Gasteiger partial charge in [0.2, 0.25) is 5.91 Å². The van der Waals surface area contributed by atoms with Crippen LogP contribution in [0.25, 0.3) is 11.1 Å². The molecule has 0 unspecified atom stereocenters. The molecule has 0 saturated heterocycles. The topological polar surface area (TPSA) is 55.1 Å². The van der Waals surface area contributed by atoms with Gasteiger partial charge in [0, 0.05) is 16.9 Å². The summed E-state index contributed by atoms with van der Waals surface area (Å²) in [5.41, 5.74) is 10.7. The maximum atomic E-state index is 11.3. The molecule has 0 atom stereocenters. The second-order valence-corrected chi connectivity index (χ2v) is 4.18. The molecule has 3 rings (SSSR count). The highest BCUT2D eigenvalue weighted by atomic mass is 16.1. The number of para-hydroxylation sites is 1. The SMILES string of the molecule is Nc1ccccc1-c1ccc2c(c1)CC(=O)N2. The maximum absolute atomic E-state index is 11.3. The molecule has 1 amide bonds. The Morgan fingerprint density at radius 1 is 1.12 bits per heavy atom. The number of anilines is 2. The Balaban J connectivity index is 2.09. The summed E-state index contributed by atoms with van der Waals surface area (Å²) in [6.07, 6.45) is 0.454. The number of benzene rings is 2. The molecule has 0 saturated carbocycles. The smallest absolute Gasteiger partial charge is 0.228 e. The molecule has 2 aromatic carbocycles. The lowest BCUT2D eigenvalue weighted by atomic mass is 10.0. The van der Waals surface area contributed by atoms with Gasteiger partial charge in [-0.1, -0.05) is 24.3 Å². The summed E-state index contributed by atoms with van der Waals surface area (Å²) in [6, 6.07) is 13.7. The molecule has 2 aromatic rings. The molecule has 0 spiro atoms. The van der Waals surface area contributed by atoms with Crippen molar-refractivity contribution in [2.45, 2.75) is 6.42 Å². The zero-order valence-corrected chi connectivity index (χ0v) is 9.23. The van der Waals surface area contributed by atoms with E-state index in [-0.39, 0.29) is 5.91 Å². The van der Waals surface area contributed by atoms with Crippen LogP contribution in [0.4, 0.5) is 11.4 Å². The molecule has 0 bridgehead atoms. The third kappa shape index (κ3) is 1.65. The van der Waals surface area contributed by atoms with Crippen molar-refractivity contribution in [3.8, 4) is 11.1 Å². The Morgan fingerprint density at radius 3 is 2.76 bits per heavy atom. The quantitative estimate of drug-likeness (QED) is 0.731. The van der Waals surface area contributed by atoms with E-state index in [2.05, 4.69) is 5.32 Å². The highest BCUT2D eigenvalue weighted by molar-refractivity contribution is 5.99. The molecular formula is C14H12N2O. The van der Waals surface area contributed by atoms with Crippen LogP contribution >= 0.6 is 0 Å². The molecule has 1 aliphatic heterocycles. The first-order valence-corrected chi connectivity index (χ1v) is 5.52. The van der Waals surface area contributed by atoms with Crippen LogP contribution in [0, 0.1) is 0 Å². The molecule has 0 aliphatic carbocycles. The number of hydrogen-bond acceptors (Lipinski definition) is 2. The number of carbonyl (C=O) groups excluding carboxylic acids is 1. The Morgan fingerprint density at radius 2 is 1.94 bits per heavy atom. The Kier molecular flexibility index (Phi) is 2.11. The highest BCUT2D eigenvalue weighted by Gasteiger charge is 2.17.